The Labute approximate surface area is 161 Å². The van der Waals surface area contributed by atoms with E-state index in [9.17, 15) is 4.39 Å². The zero-order valence-corrected chi connectivity index (χ0v) is 15.3. The van der Waals surface area contributed by atoms with E-state index in [0.29, 0.717) is 17.5 Å². The Morgan fingerprint density at radius 2 is 2.00 bits per heavy atom. The number of nitrogens with two attached hydrogens (primary N) is 1. The normalized spacial score (nSPS) is 22.4. The number of hydrogen-bond donors (Lipinski definition) is 1. The first-order valence-electron chi connectivity index (χ1n) is 9.44. The Morgan fingerprint density at radius 3 is 2.86 bits per heavy atom. The second-order valence-electron chi connectivity index (χ2n) is 7.26. The zero-order chi connectivity index (χ0) is 19.1. The largest absolute Gasteiger partial charge is 0.381 e. The molecule has 8 nitrogen and oxygen atoms in total. The fourth-order valence-electron chi connectivity index (χ4n) is 4.32. The summed E-state index contributed by atoms with van der Waals surface area (Å²) in [7, 11) is 0. The molecule has 1 aromatic carbocycles. The van der Waals surface area contributed by atoms with E-state index >= 15 is 0 Å². The summed E-state index contributed by atoms with van der Waals surface area (Å²) in [6, 6.07) is 7.03. The molecule has 0 amide bonds. The molecule has 5 rings (SSSR count). The van der Waals surface area contributed by atoms with E-state index in [0.717, 1.165) is 44.0 Å². The lowest BCUT2D eigenvalue weighted by molar-refractivity contribution is 0.173. The van der Waals surface area contributed by atoms with Gasteiger partial charge in [0, 0.05) is 38.1 Å². The van der Waals surface area contributed by atoms with Crippen LogP contribution in [0.3, 0.4) is 0 Å². The summed E-state index contributed by atoms with van der Waals surface area (Å²) in [6.07, 6.45) is 7.31. The molecule has 28 heavy (non-hydrogen) atoms. The lowest BCUT2D eigenvalue weighted by atomic mass is 10.1. The van der Waals surface area contributed by atoms with Crippen molar-refractivity contribution >= 4 is 11.6 Å². The summed E-state index contributed by atoms with van der Waals surface area (Å²) >= 11 is 0. The number of rotatable bonds is 3. The van der Waals surface area contributed by atoms with E-state index in [1.807, 2.05) is 12.3 Å². The number of benzene rings is 1. The van der Waals surface area contributed by atoms with E-state index < -0.39 is 0 Å². The molecule has 2 N–H and O–H groups in total. The van der Waals surface area contributed by atoms with Gasteiger partial charge in [0.1, 0.15) is 11.5 Å². The van der Waals surface area contributed by atoms with Gasteiger partial charge in [-0.3, -0.25) is 4.90 Å². The van der Waals surface area contributed by atoms with Gasteiger partial charge in [0.2, 0.25) is 0 Å². The van der Waals surface area contributed by atoms with Crippen molar-refractivity contribution in [3.63, 3.8) is 0 Å². The standard InChI is InChI=1S/C19H21FN8/c20-13-2-1-3-14(10-13)28-12-16(24-25-28)17-5-4-15-11-26(8-9-27(15)17)19-18(21)22-6-7-23-19/h1-3,6-7,10,12,15,17H,4-5,8-9,11H2,(H2,21,22)/t15-,17+/m0/s1. The average Bonchev–Trinajstić information content (AvgIpc) is 3.35. The number of nitrogens with zero attached hydrogens (tertiary/aromatic N) is 7. The van der Waals surface area contributed by atoms with E-state index in [2.05, 4.69) is 30.1 Å². The molecule has 2 saturated heterocycles. The van der Waals surface area contributed by atoms with Gasteiger partial charge in [-0.1, -0.05) is 11.3 Å². The monoisotopic (exact) mass is 380 g/mol. The smallest absolute Gasteiger partial charge is 0.171 e. The number of anilines is 2. The minimum absolute atomic E-state index is 0.230. The number of halogens is 1. The molecule has 0 saturated carbocycles. The molecule has 4 heterocycles. The van der Waals surface area contributed by atoms with E-state index in [1.54, 1.807) is 23.1 Å². The summed E-state index contributed by atoms with van der Waals surface area (Å²) in [5.74, 6) is 0.959. The van der Waals surface area contributed by atoms with Crippen LogP contribution in [0.5, 0.6) is 0 Å². The second kappa shape index (κ2) is 6.83. The van der Waals surface area contributed by atoms with Crippen LogP contribution in [0.2, 0.25) is 0 Å². The van der Waals surface area contributed by atoms with Crippen molar-refractivity contribution in [2.24, 2.45) is 0 Å². The molecule has 0 radical (unpaired) electrons. The van der Waals surface area contributed by atoms with Crippen molar-refractivity contribution in [1.82, 2.24) is 29.9 Å². The third kappa shape index (κ3) is 2.97. The average molecular weight is 380 g/mol. The van der Waals surface area contributed by atoms with Gasteiger partial charge in [-0.05, 0) is 31.0 Å². The predicted octanol–water partition coefficient (Wildman–Crippen LogP) is 1.80. The van der Waals surface area contributed by atoms with Crippen molar-refractivity contribution in [2.75, 3.05) is 30.3 Å². The fourth-order valence-corrected chi connectivity index (χ4v) is 4.32. The first-order valence-corrected chi connectivity index (χ1v) is 9.44. The highest BCUT2D eigenvalue weighted by atomic mass is 19.1. The predicted molar refractivity (Wildman–Crippen MR) is 102 cm³/mol. The summed E-state index contributed by atoms with van der Waals surface area (Å²) < 4.78 is 15.1. The van der Waals surface area contributed by atoms with Crippen LogP contribution in [0, 0.1) is 5.82 Å². The minimum atomic E-state index is -0.283. The molecular weight excluding hydrogens is 359 g/mol. The molecule has 0 spiro atoms. The summed E-state index contributed by atoms with van der Waals surface area (Å²) in [5, 5.41) is 8.59. The highest BCUT2D eigenvalue weighted by Gasteiger charge is 2.40. The summed E-state index contributed by atoms with van der Waals surface area (Å²) in [5.41, 5.74) is 7.61. The Hall–Kier alpha value is -3.07. The van der Waals surface area contributed by atoms with Crippen LogP contribution in [0.15, 0.2) is 42.9 Å². The van der Waals surface area contributed by atoms with Gasteiger partial charge in [-0.25, -0.2) is 19.0 Å². The van der Waals surface area contributed by atoms with Crippen LogP contribution < -0.4 is 10.6 Å². The van der Waals surface area contributed by atoms with Gasteiger partial charge in [0.05, 0.1) is 17.9 Å². The number of nitrogen functional groups attached to an aromatic ring is 1. The van der Waals surface area contributed by atoms with Gasteiger partial charge < -0.3 is 10.6 Å². The van der Waals surface area contributed by atoms with E-state index in [1.165, 1.54) is 12.1 Å². The van der Waals surface area contributed by atoms with Crippen LogP contribution in [0.4, 0.5) is 16.0 Å². The van der Waals surface area contributed by atoms with Gasteiger partial charge in [0.15, 0.2) is 11.6 Å². The maximum Gasteiger partial charge on any atom is 0.171 e. The van der Waals surface area contributed by atoms with Gasteiger partial charge >= 0.3 is 0 Å². The molecule has 144 valence electrons. The van der Waals surface area contributed by atoms with Gasteiger partial charge in [-0.2, -0.15) is 0 Å². The molecule has 2 fully saturated rings. The van der Waals surface area contributed by atoms with Crippen LogP contribution >= 0.6 is 0 Å². The maximum absolute atomic E-state index is 13.5. The third-order valence-corrected chi connectivity index (χ3v) is 5.63. The molecule has 2 aromatic heterocycles. The molecule has 0 bridgehead atoms. The minimum Gasteiger partial charge on any atom is -0.381 e. The molecule has 2 aliphatic heterocycles. The third-order valence-electron chi connectivity index (χ3n) is 5.63. The molecule has 0 aliphatic carbocycles. The Balaban J connectivity index is 1.33. The SMILES string of the molecule is Nc1nccnc1N1CCN2[C@@H](CC[C@@H]2c2cn(-c3cccc(F)c3)nn2)C1. The summed E-state index contributed by atoms with van der Waals surface area (Å²) in [6.45, 7) is 2.61. The van der Waals surface area contributed by atoms with Crippen molar-refractivity contribution in [2.45, 2.75) is 24.9 Å². The Kier molecular flexibility index (Phi) is 4.16. The molecular formula is C19H21FN8. The lowest BCUT2D eigenvalue weighted by Gasteiger charge is -2.40. The number of aromatic nitrogens is 5. The Bertz CT molecular complexity index is 989. The molecule has 2 atom stereocenters. The number of fused-ring (bicyclic) bond motifs is 1. The molecule has 3 aromatic rings. The number of hydrogen-bond acceptors (Lipinski definition) is 7. The van der Waals surface area contributed by atoms with E-state index in [4.69, 9.17) is 5.73 Å². The number of piperazine rings is 1. The van der Waals surface area contributed by atoms with Crippen molar-refractivity contribution in [3.8, 4) is 5.69 Å². The molecule has 9 heteroatoms. The quantitative estimate of drug-likeness (QED) is 0.741. The first-order chi connectivity index (χ1) is 13.7. The molecule has 2 aliphatic rings. The van der Waals surface area contributed by atoms with Crippen LogP contribution in [0.25, 0.3) is 5.69 Å². The summed E-state index contributed by atoms with van der Waals surface area (Å²) in [4.78, 5) is 13.3. The zero-order valence-electron chi connectivity index (χ0n) is 15.3. The van der Waals surface area contributed by atoms with Gasteiger partial charge in [-0.15, -0.1) is 5.10 Å². The van der Waals surface area contributed by atoms with Crippen molar-refractivity contribution < 1.29 is 4.39 Å². The fraction of sp³-hybridized carbons (Fsp3) is 0.368. The molecule has 0 unspecified atom stereocenters. The maximum atomic E-state index is 13.5. The first kappa shape index (κ1) is 17.1. The van der Waals surface area contributed by atoms with Crippen LogP contribution in [-0.2, 0) is 0 Å². The Morgan fingerprint density at radius 1 is 1.11 bits per heavy atom. The topological polar surface area (TPSA) is 89.0 Å². The highest BCUT2D eigenvalue weighted by Crippen LogP contribution is 2.38. The van der Waals surface area contributed by atoms with Crippen LogP contribution in [0.1, 0.15) is 24.6 Å². The van der Waals surface area contributed by atoms with Crippen LogP contribution in [-0.4, -0.2) is 55.5 Å². The van der Waals surface area contributed by atoms with Gasteiger partial charge in [0.25, 0.3) is 0 Å². The van der Waals surface area contributed by atoms with E-state index in [-0.39, 0.29) is 11.9 Å². The highest BCUT2D eigenvalue weighted by molar-refractivity contribution is 5.57. The van der Waals surface area contributed by atoms with Crippen molar-refractivity contribution in [1.29, 1.82) is 0 Å². The second-order valence-corrected chi connectivity index (χ2v) is 7.26. The van der Waals surface area contributed by atoms with Crippen molar-refractivity contribution in [3.05, 3.63) is 54.4 Å². The lowest BCUT2D eigenvalue weighted by Crippen LogP contribution is -2.51.